The third-order valence-electron chi connectivity index (χ3n) is 6.08. The van der Waals surface area contributed by atoms with Crippen LogP contribution in [0.15, 0.2) is 24.3 Å². The summed E-state index contributed by atoms with van der Waals surface area (Å²) >= 11 is 0. The van der Waals surface area contributed by atoms with E-state index < -0.39 is 0 Å². The molecule has 1 aromatic rings. The second-order valence-electron chi connectivity index (χ2n) is 8.10. The standard InChI is InChI=1S/C20H23N3O2/c1-14-7-16(8-14)19(25)22-6-5-20(12-22)10-18(24)23(13-20)17-4-2-3-15(9-17)11-21/h2-4,9,14,16H,5-8,10,12-13H2,1H3. The highest BCUT2D eigenvalue weighted by Crippen LogP contribution is 2.43. The van der Waals surface area contributed by atoms with Crippen molar-refractivity contribution in [3.05, 3.63) is 29.8 Å². The van der Waals surface area contributed by atoms with Gasteiger partial charge in [-0.2, -0.15) is 5.26 Å². The lowest BCUT2D eigenvalue weighted by Crippen LogP contribution is -2.41. The molecule has 1 spiro atoms. The van der Waals surface area contributed by atoms with Crippen molar-refractivity contribution in [3.8, 4) is 6.07 Å². The molecule has 2 saturated heterocycles. The van der Waals surface area contributed by atoms with Crippen LogP contribution in [0.2, 0.25) is 0 Å². The number of likely N-dealkylation sites (tertiary alicyclic amines) is 1. The Balaban J connectivity index is 1.47. The Morgan fingerprint density at radius 2 is 2.12 bits per heavy atom. The van der Waals surface area contributed by atoms with Crippen molar-refractivity contribution >= 4 is 17.5 Å². The predicted octanol–water partition coefficient (Wildman–Crippen LogP) is 2.56. The monoisotopic (exact) mass is 337 g/mol. The van der Waals surface area contributed by atoms with E-state index in [9.17, 15) is 9.59 Å². The van der Waals surface area contributed by atoms with Crippen LogP contribution in [0.1, 0.15) is 38.2 Å². The average molecular weight is 337 g/mol. The number of benzene rings is 1. The van der Waals surface area contributed by atoms with Crippen LogP contribution in [0.4, 0.5) is 5.69 Å². The molecule has 5 nitrogen and oxygen atoms in total. The first kappa shape index (κ1) is 16.1. The molecule has 1 aliphatic carbocycles. The van der Waals surface area contributed by atoms with Gasteiger partial charge in [-0.25, -0.2) is 0 Å². The topological polar surface area (TPSA) is 64.4 Å². The van der Waals surface area contributed by atoms with Gasteiger partial charge in [0.2, 0.25) is 11.8 Å². The van der Waals surface area contributed by atoms with E-state index in [0.29, 0.717) is 31.0 Å². The quantitative estimate of drug-likeness (QED) is 0.833. The fraction of sp³-hybridized carbons (Fsp3) is 0.550. The summed E-state index contributed by atoms with van der Waals surface area (Å²) in [5, 5.41) is 9.07. The Labute approximate surface area is 148 Å². The van der Waals surface area contributed by atoms with Crippen molar-refractivity contribution in [1.29, 1.82) is 5.26 Å². The van der Waals surface area contributed by atoms with Crippen molar-refractivity contribution in [2.24, 2.45) is 17.3 Å². The lowest BCUT2D eigenvalue weighted by molar-refractivity contribution is -0.139. The highest BCUT2D eigenvalue weighted by Gasteiger charge is 2.50. The van der Waals surface area contributed by atoms with Crippen LogP contribution >= 0.6 is 0 Å². The van der Waals surface area contributed by atoms with Gasteiger partial charge in [-0.1, -0.05) is 13.0 Å². The van der Waals surface area contributed by atoms with Crippen LogP contribution in [0.3, 0.4) is 0 Å². The van der Waals surface area contributed by atoms with Crippen molar-refractivity contribution in [2.75, 3.05) is 24.5 Å². The normalized spacial score (nSPS) is 31.3. The second-order valence-corrected chi connectivity index (χ2v) is 8.10. The van der Waals surface area contributed by atoms with E-state index in [1.807, 2.05) is 17.0 Å². The molecule has 3 aliphatic rings. The average Bonchev–Trinajstić information content (AvgIpc) is 3.15. The maximum absolute atomic E-state index is 12.6. The minimum absolute atomic E-state index is 0.0988. The van der Waals surface area contributed by atoms with Gasteiger partial charge in [0.15, 0.2) is 0 Å². The fourth-order valence-electron chi connectivity index (χ4n) is 4.63. The molecule has 0 aromatic heterocycles. The zero-order chi connectivity index (χ0) is 17.6. The summed E-state index contributed by atoms with van der Waals surface area (Å²) in [4.78, 5) is 29.0. The van der Waals surface area contributed by atoms with E-state index in [2.05, 4.69) is 13.0 Å². The zero-order valence-electron chi connectivity index (χ0n) is 14.6. The molecule has 0 N–H and O–H groups in total. The largest absolute Gasteiger partial charge is 0.342 e. The molecule has 1 aromatic carbocycles. The Morgan fingerprint density at radius 1 is 1.32 bits per heavy atom. The lowest BCUT2D eigenvalue weighted by atomic mass is 9.75. The molecule has 3 fully saturated rings. The molecular formula is C20H23N3O2. The van der Waals surface area contributed by atoms with Gasteiger partial charge in [-0.15, -0.1) is 0 Å². The van der Waals surface area contributed by atoms with E-state index in [-0.39, 0.29) is 23.1 Å². The maximum atomic E-state index is 12.6. The van der Waals surface area contributed by atoms with E-state index in [1.165, 1.54) is 0 Å². The summed E-state index contributed by atoms with van der Waals surface area (Å²) in [6.45, 7) is 4.30. The molecule has 25 heavy (non-hydrogen) atoms. The first-order valence-corrected chi connectivity index (χ1v) is 9.09. The smallest absolute Gasteiger partial charge is 0.227 e. The molecule has 2 amide bonds. The van der Waals surface area contributed by atoms with Crippen LogP contribution in [0.5, 0.6) is 0 Å². The predicted molar refractivity (Wildman–Crippen MR) is 93.6 cm³/mol. The number of rotatable bonds is 2. The summed E-state index contributed by atoms with van der Waals surface area (Å²) in [5.41, 5.74) is 1.23. The zero-order valence-corrected chi connectivity index (χ0v) is 14.6. The molecule has 4 rings (SSSR count). The van der Waals surface area contributed by atoms with Crippen LogP contribution in [0, 0.1) is 28.6 Å². The highest BCUT2D eigenvalue weighted by atomic mass is 16.2. The molecule has 1 saturated carbocycles. The van der Waals surface area contributed by atoms with Crippen LogP contribution < -0.4 is 4.90 Å². The van der Waals surface area contributed by atoms with Crippen molar-refractivity contribution in [1.82, 2.24) is 4.90 Å². The molecule has 1 unspecified atom stereocenters. The Bertz CT molecular complexity index is 762. The Kier molecular flexibility index (Phi) is 3.79. The van der Waals surface area contributed by atoms with Gasteiger partial charge in [0.1, 0.15) is 0 Å². The Hall–Kier alpha value is -2.35. The van der Waals surface area contributed by atoms with E-state index in [1.54, 1.807) is 17.0 Å². The lowest BCUT2D eigenvalue weighted by Gasteiger charge is -2.35. The number of anilines is 1. The van der Waals surface area contributed by atoms with Gasteiger partial charge in [0, 0.05) is 43.1 Å². The number of amides is 2. The molecule has 0 bridgehead atoms. The number of carbonyl (C=O) groups excluding carboxylic acids is 2. The number of hydrogen-bond donors (Lipinski definition) is 0. The third kappa shape index (κ3) is 2.80. The van der Waals surface area contributed by atoms with E-state index in [0.717, 1.165) is 31.5 Å². The van der Waals surface area contributed by atoms with Gasteiger partial charge in [-0.3, -0.25) is 9.59 Å². The van der Waals surface area contributed by atoms with Crippen LogP contribution in [-0.4, -0.2) is 36.3 Å². The second kappa shape index (κ2) is 5.87. The third-order valence-corrected chi connectivity index (χ3v) is 6.08. The minimum atomic E-state index is -0.120. The molecule has 1 atom stereocenters. The summed E-state index contributed by atoms with van der Waals surface area (Å²) in [7, 11) is 0. The summed E-state index contributed by atoms with van der Waals surface area (Å²) in [5.74, 6) is 1.25. The van der Waals surface area contributed by atoms with Crippen molar-refractivity contribution in [2.45, 2.75) is 32.6 Å². The molecule has 130 valence electrons. The summed E-state index contributed by atoms with van der Waals surface area (Å²) in [6, 6.07) is 9.33. The highest BCUT2D eigenvalue weighted by molar-refractivity contribution is 5.96. The fourth-order valence-corrected chi connectivity index (χ4v) is 4.63. The van der Waals surface area contributed by atoms with Crippen LogP contribution in [0.25, 0.3) is 0 Å². The number of carbonyl (C=O) groups is 2. The van der Waals surface area contributed by atoms with E-state index >= 15 is 0 Å². The minimum Gasteiger partial charge on any atom is -0.342 e. The molecule has 2 heterocycles. The molecule has 5 heteroatoms. The van der Waals surface area contributed by atoms with E-state index in [4.69, 9.17) is 5.26 Å². The van der Waals surface area contributed by atoms with Crippen LogP contribution in [-0.2, 0) is 9.59 Å². The van der Waals surface area contributed by atoms with Gasteiger partial charge < -0.3 is 9.80 Å². The summed E-state index contributed by atoms with van der Waals surface area (Å²) in [6.07, 6.45) is 3.40. The first-order chi connectivity index (χ1) is 12.0. The van der Waals surface area contributed by atoms with Gasteiger partial charge >= 0.3 is 0 Å². The molecule has 2 aliphatic heterocycles. The Morgan fingerprint density at radius 3 is 2.84 bits per heavy atom. The SMILES string of the molecule is CC1CC(C(=O)N2CCC3(CC(=O)N(c4cccc(C#N)c4)C3)C2)C1. The summed E-state index contributed by atoms with van der Waals surface area (Å²) < 4.78 is 0. The molecule has 0 radical (unpaired) electrons. The number of hydrogen-bond acceptors (Lipinski definition) is 3. The van der Waals surface area contributed by atoms with Gasteiger partial charge in [0.05, 0.1) is 11.6 Å². The van der Waals surface area contributed by atoms with Crippen molar-refractivity contribution < 1.29 is 9.59 Å². The van der Waals surface area contributed by atoms with Gasteiger partial charge in [-0.05, 0) is 43.4 Å². The first-order valence-electron chi connectivity index (χ1n) is 9.09. The van der Waals surface area contributed by atoms with Crippen molar-refractivity contribution in [3.63, 3.8) is 0 Å². The van der Waals surface area contributed by atoms with Gasteiger partial charge in [0.25, 0.3) is 0 Å². The molecular weight excluding hydrogens is 314 g/mol. The number of nitriles is 1. The number of nitrogens with zero attached hydrogens (tertiary/aromatic N) is 3. The maximum Gasteiger partial charge on any atom is 0.227 e.